The number of nitrogens with zero attached hydrogens (tertiary/aromatic N) is 5. The summed E-state index contributed by atoms with van der Waals surface area (Å²) in [4.78, 5) is 22.5. The molecule has 4 aromatic heterocycles. The fraction of sp³-hybridized carbons (Fsp3) is 0.435. The average Bonchev–Trinajstić information content (AvgIpc) is 3.26. The van der Waals surface area contributed by atoms with Gasteiger partial charge >= 0.3 is 0 Å². The zero-order valence-corrected chi connectivity index (χ0v) is 20.1. The van der Waals surface area contributed by atoms with E-state index >= 15 is 0 Å². The van der Waals surface area contributed by atoms with E-state index in [-0.39, 0.29) is 5.91 Å². The van der Waals surface area contributed by atoms with Crippen LogP contribution in [-0.2, 0) is 0 Å². The molecule has 0 unspecified atom stereocenters. The monoisotopic (exact) mass is 480 g/mol. The van der Waals surface area contributed by atoms with Gasteiger partial charge in [-0.2, -0.15) is 5.10 Å². The largest absolute Gasteiger partial charge is 0.339 e. The van der Waals surface area contributed by atoms with Gasteiger partial charge in [-0.25, -0.2) is 4.98 Å². The second kappa shape index (κ2) is 7.88. The Morgan fingerprint density at radius 1 is 1.21 bits per heavy atom. The molecule has 10 heteroatoms. The highest BCUT2D eigenvalue weighted by atomic mass is 32.1. The third-order valence-corrected chi connectivity index (χ3v) is 7.94. The fourth-order valence-electron chi connectivity index (χ4n) is 4.76. The quantitative estimate of drug-likeness (QED) is 0.405. The van der Waals surface area contributed by atoms with Crippen LogP contribution in [0.4, 0.5) is 0 Å². The summed E-state index contributed by atoms with van der Waals surface area (Å²) in [5.74, 6) is 1.36. The maximum atomic E-state index is 13.7. The summed E-state index contributed by atoms with van der Waals surface area (Å²) in [6, 6.07) is 6.47. The zero-order chi connectivity index (χ0) is 22.7. The molecule has 1 saturated heterocycles. The van der Waals surface area contributed by atoms with Crippen LogP contribution in [0.2, 0.25) is 0 Å². The molecule has 1 aliphatic carbocycles. The number of thiophene rings is 1. The van der Waals surface area contributed by atoms with Gasteiger partial charge in [0.15, 0.2) is 4.77 Å². The lowest BCUT2D eigenvalue weighted by Crippen LogP contribution is -2.38. The standard InChI is InChI=1S/C23H24N6O2S2/c1-12-3-6-18(33-12)17-11-16(19-13(2)27-31-21(19)24-17)22(30)28-9-7-14(8-10-28)20-25-26-23(32)29(20)15-4-5-15/h3,6,11,14-15H,4-5,7-10H2,1-2H3,(H,26,32). The summed E-state index contributed by atoms with van der Waals surface area (Å²) in [7, 11) is 0. The molecule has 1 amide bonds. The topological polar surface area (TPSA) is 92.8 Å². The normalized spacial score (nSPS) is 17.2. The molecule has 2 aliphatic rings. The molecule has 0 spiro atoms. The van der Waals surface area contributed by atoms with Gasteiger partial charge in [-0.1, -0.05) is 5.16 Å². The van der Waals surface area contributed by atoms with Gasteiger partial charge in [0.2, 0.25) is 0 Å². The third-order valence-electron chi connectivity index (χ3n) is 6.63. The van der Waals surface area contributed by atoms with Gasteiger partial charge in [-0.05, 0) is 69.9 Å². The number of nitrogens with one attached hydrogen (secondary N) is 1. The molecule has 0 radical (unpaired) electrons. The second-order valence-electron chi connectivity index (χ2n) is 8.97. The Kier molecular flexibility index (Phi) is 4.95. The molecule has 33 heavy (non-hydrogen) atoms. The molecular formula is C23H24N6O2S2. The lowest BCUT2D eigenvalue weighted by molar-refractivity contribution is 0.0712. The number of fused-ring (bicyclic) bond motifs is 1. The summed E-state index contributed by atoms with van der Waals surface area (Å²) in [5, 5.41) is 12.3. The Morgan fingerprint density at radius 3 is 2.70 bits per heavy atom. The van der Waals surface area contributed by atoms with Crippen molar-refractivity contribution in [2.24, 2.45) is 0 Å². The number of amides is 1. The second-order valence-corrected chi connectivity index (χ2v) is 10.6. The molecule has 1 saturated carbocycles. The van der Waals surface area contributed by atoms with E-state index in [2.05, 4.69) is 37.9 Å². The first-order valence-electron chi connectivity index (χ1n) is 11.3. The maximum absolute atomic E-state index is 13.7. The molecular weight excluding hydrogens is 456 g/mol. The van der Waals surface area contributed by atoms with Crippen molar-refractivity contribution >= 4 is 40.6 Å². The van der Waals surface area contributed by atoms with Gasteiger partial charge in [-0.3, -0.25) is 9.89 Å². The van der Waals surface area contributed by atoms with E-state index in [1.54, 1.807) is 11.3 Å². The Balaban J connectivity index is 1.28. The molecule has 4 aromatic rings. The number of likely N-dealkylation sites (tertiary alicyclic amines) is 1. The van der Waals surface area contributed by atoms with Crippen LogP contribution in [0.15, 0.2) is 22.7 Å². The van der Waals surface area contributed by atoms with E-state index in [0.29, 0.717) is 52.2 Å². The number of aryl methyl sites for hydroxylation is 2. The van der Waals surface area contributed by atoms with Crippen molar-refractivity contribution in [1.29, 1.82) is 0 Å². The van der Waals surface area contributed by atoms with Crippen LogP contribution in [0.5, 0.6) is 0 Å². The Morgan fingerprint density at radius 2 is 2.00 bits per heavy atom. The highest BCUT2D eigenvalue weighted by Gasteiger charge is 2.33. The number of H-pyrrole nitrogens is 1. The highest BCUT2D eigenvalue weighted by Crippen LogP contribution is 2.39. The van der Waals surface area contributed by atoms with Crippen molar-refractivity contribution in [3.63, 3.8) is 0 Å². The van der Waals surface area contributed by atoms with Gasteiger partial charge in [0.25, 0.3) is 11.6 Å². The first-order chi connectivity index (χ1) is 16.0. The van der Waals surface area contributed by atoms with Crippen molar-refractivity contribution in [3.05, 3.63) is 44.9 Å². The third kappa shape index (κ3) is 3.61. The molecule has 170 valence electrons. The number of aromatic nitrogens is 5. The molecule has 2 fully saturated rings. The average molecular weight is 481 g/mol. The first-order valence-corrected chi connectivity index (χ1v) is 12.5. The van der Waals surface area contributed by atoms with Crippen LogP contribution in [0.25, 0.3) is 21.7 Å². The number of hydrogen-bond donors (Lipinski definition) is 1. The van der Waals surface area contributed by atoms with Gasteiger partial charge in [0.1, 0.15) is 5.82 Å². The van der Waals surface area contributed by atoms with Crippen LogP contribution < -0.4 is 0 Å². The lowest BCUT2D eigenvalue weighted by atomic mass is 9.95. The van der Waals surface area contributed by atoms with E-state index in [4.69, 9.17) is 16.7 Å². The summed E-state index contributed by atoms with van der Waals surface area (Å²) in [6.07, 6.45) is 4.07. The number of hydrogen-bond acceptors (Lipinski definition) is 7. The number of aromatic amines is 1. The molecule has 0 bridgehead atoms. The summed E-state index contributed by atoms with van der Waals surface area (Å²) < 4.78 is 8.37. The van der Waals surface area contributed by atoms with E-state index < -0.39 is 0 Å². The Hall–Kier alpha value is -2.85. The van der Waals surface area contributed by atoms with Crippen LogP contribution >= 0.6 is 23.6 Å². The molecule has 0 atom stereocenters. The van der Waals surface area contributed by atoms with Crippen LogP contribution in [0.3, 0.4) is 0 Å². The van der Waals surface area contributed by atoms with Gasteiger partial charge < -0.3 is 14.0 Å². The highest BCUT2D eigenvalue weighted by molar-refractivity contribution is 7.71. The predicted molar refractivity (Wildman–Crippen MR) is 128 cm³/mol. The smallest absolute Gasteiger partial charge is 0.259 e. The molecule has 1 N–H and O–H groups in total. The van der Waals surface area contributed by atoms with E-state index in [9.17, 15) is 4.79 Å². The van der Waals surface area contributed by atoms with Crippen molar-refractivity contribution in [1.82, 2.24) is 29.8 Å². The molecule has 1 aliphatic heterocycles. The van der Waals surface area contributed by atoms with Crippen molar-refractivity contribution in [3.8, 4) is 10.6 Å². The summed E-state index contributed by atoms with van der Waals surface area (Å²) in [5.41, 5.74) is 2.45. The van der Waals surface area contributed by atoms with Crippen LogP contribution in [-0.4, -0.2) is 48.8 Å². The van der Waals surface area contributed by atoms with E-state index in [0.717, 1.165) is 29.2 Å². The molecule has 8 nitrogen and oxygen atoms in total. The minimum atomic E-state index is 0.00253. The maximum Gasteiger partial charge on any atom is 0.259 e. The number of rotatable bonds is 4. The van der Waals surface area contributed by atoms with Crippen LogP contribution in [0.1, 0.15) is 64.4 Å². The van der Waals surface area contributed by atoms with Crippen molar-refractivity contribution < 1.29 is 9.32 Å². The number of piperidine rings is 1. The summed E-state index contributed by atoms with van der Waals surface area (Å²) >= 11 is 7.10. The number of carbonyl (C=O) groups excluding carboxylic acids is 1. The zero-order valence-electron chi connectivity index (χ0n) is 18.5. The SMILES string of the molecule is Cc1ccc(-c2cc(C(=O)N3CCC(c4n[nH]c(=S)n4C4CC4)CC3)c3c(C)noc3n2)s1. The molecule has 6 rings (SSSR count). The minimum absolute atomic E-state index is 0.00253. The van der Waals surface area contributed by atoms with Crippen molar-refractivity contribution in [2.75, 3.05) is 13.1 Å². The van der Waals surface area contributed by atoms with Gasteiger partial charge in [0, 0.05) is 29.9 Å². The molecule has 0 aromatic carbocycles. The van der Waals surface area contributed by atoms with Gasteiger partial charge in [0.05, 0.1) is 27.2 Å². The number of pyridine rings is 1. The van der Waals surface area contributed by atoms with E-state index in [1.807, 2.05) is 24.0 Å². The van der Waals surface area contributed by atoms with Crippen LogP contribution in [0, 0.1) is 18.6 Å². The Bertz CT molecular complexity index is 1420. The van der Waals surface area contributed by atoms with E-state index in [1.165, 1.54) is 17.7 Å². The van der Waals surface area contributed by atoms with Gasteiger partial charge in [-0.15, -0.1) is 11.3 Å². The minimum Gasteiger partial charge on any atom is -0.339 e. The number of carbonyl (C=O) groups is 1. The Labute approximate surface area is 199 Å². The van der Waals surface area contributed by atoms with Crippen molar-refractivity contribution in [2.45, 2.75) is 51.5 Å². The lowest BCUT2D eigenvalue weighted by Gasteiger charge is -2.32. The first kappa shape index (κ1) is 20.7. The fourth-order valence-corrected chi connectivity index (χ4v) is 5.88. The molecule has 5 heterocycles. The summed E-state index contributed by atoms with van der Waals surface area (Å²) in [6.45, 7) is 5.26. The predicted octanol–water partition coefficient (Wildman–Crippen LogP) is 5.18.